The van der Waals surface area contributed by atoms with Crippen molar-refractivity contribution in [3.8, 4) is 0 Å². The SMILES string of the molecule is CCNC(CN(CC)[SiH2]N(CC)CC)(NCC)NCC. The number of likely N-dealkylation sites (N-methyl/N-ethyl adjacent to an activating group) is 4. The van der Waals surface area contributed by atoms with Gasteiger partial charge in [-0.3, -0.25) is 16.0 Å². The van der Waals surface area contributed by atoms with Crippen LogP contribution in [0.2, 0.25) is 0 Å². The zero-order valence-electron chi connectivity index (χ0n) is 14.6. The molecule has 0 heterocycles. The minimum absolute atomic E-state index is 0.158. The lowest BCUT2D eigenvalue weighted by atomic mass is 10.3. The zero-order valence-corrected chi connectivity index (χ0v) is 16.0. The average Bonchev–Trinajstić information content (AvgIpc) is 2.44. The van der Waals surface area contributed by atoms with Gasteiger partial charge in [-0.2, -0.15) is 0 Å². The van der Waals surface area contributed by atoms with E-state index in [9.17, 15) is 0 Å². The van der Waals surface area contributed by atoms with Crippen LogP contribution in [-0.2, 0) is 0 Å². The summed E-state index contributed by atoms with van der Waals surface area (Å²) in [6.45, 7) is 20.6. The molecule has 0 radical (unpaired) electrons. The molecule has 0 aliphatic carbocycles. The second-order valence-electron chi connectivity index (χ2n) is 5.09. The van der Waals surface area contributed by atoms with Crippen molar-refractivity contribution in [2.24, 2.45) is 0 Å². The summed E-state index contributed by atoms with van der Waals surface area (Å²) in [4.78, 5) is 0. The van der Waals surface area contributed by atoms with Crippen molar-refractivity contribution < 1.29 is 0 Å². The minimum atomic E-state index is -0.345. The third-order valence-corrected chi connectivity index (χ3v) is 6.00. The molecule has 0 atom stereocenters. The molecular formula is C14H37N5Si. The molecule has 0 saturated heterocycles. The van der Waals surface area contributed by atoms with E-state index in [4.69, 9.17) is 0 Å². The maximum atomic E-state index is 3.61. The van der Waals surface area contributed by atoms with Gasteiger partial charge in [0.05, 0.1) is 0 Å². The Morgan fingerprint density at radius 1 is 0.700 bits per heavy atom. The van der Waals surface area contributed by atoms with Crippen LogP contribution in [0.4, 0.5) is 0 Å². The fourth-order valence-electron chi connectivity index (χ4n) is 2.56. The molecule has 122 valence electrons. The first-order valence-corrected chi connectivity index (χ1v) is 9.57. The summed E-state index contributed by atoms with van der Waals surface area (Å²) >= 11 is 0. The van der Waals surface area contributed by atoms with Crippen molar-refractivity contribution in [3.05, 3.63) is 0 Å². The topological polar surface area (TPSA) is 42.6 Å². The van der Waals surface area contributed by atoms with Crippen molar-refractivity contribution >= 4 is 9.84 Å². The second kappa shape index (κ2) is 11.7. The van der Waals surface area contributed by atoms with E-state index in [1.807, 2.05) is 0 Å². The van der Waals surface area contributed by atoms with Crippen LogP contribution >= 0.6 is 0 Å². The molecule has 0 bridgehead atoms. The van der Waals surface area contributed by atoms with Gasteiger partial charge in [-0.15, -0.1) is 0 Å². The summed E-state index contributed by atoms with van der Waals surface area (Å²) in [6.07, 6.45) is 0. The molecule has 0 fully saturated rings. The van der Waals surface area contributed by atoms with Crippen molar-refractivity contribution in [3.63, 3.8) is 0 Å². The summed E-state index contributed by atoms with van der Waals surface area (Å²) in [6, 6.07) is 0. The van der Waals surface area contributed by atoms with E-state index in [0.29, 0.717) is 0 Å². The summed E-state index contributed by atoms with van der Waals surface area (Å²) in [5.41, 5.74) is 0. The summed E-state index contributed by atoms with van der Waals surface area (Å²) in [7, 11) is -0.345. The van der Waals surface area contributed by atoms with Crippen molar-refractivity contribution in [1.82, 2.24) is 25.1 Å². The van der Waals surface area contributed by atoms with Gasteiger partial charge in [0.15, 0.2) is 9.84 Å². The molecule has 0 aromatic heterocycles. The van der Waals surface area contributed by atoms with Gasteiger partial charge >= 0.3 is 0 Å². The first-order chi connectivity index (χ1) is 9.61. The first-order valence-electron chi connectivity index (χ1n) is 8.30. The van der Waals surface area contributed by atoms with Crippen LogP contribution in [0.1, 0.15) is 41.5 Å². The molecule has 20 heavy (non-hydrogen) atoms. The first kappa shape index (κ1) is 20.0. The van der Waals surface area contributed by atoms with Crippen LogP contribution < -0.4 is 16.0 Å². The predicted octanol–water partition coefficient (Wildman–Crippen LogP) is 0.131. The number of hydrogen-bond donors (Lipinski definition) is 3. The summed E-state index contributed by atoms with van der Waals surface area (Å²) in [5, 5.41) is 10.8. The van der Waals surface area contributed by atoms with Crippen LogP contribution in [0.25, 0.3) is 0 Å². The van der Waals surface area contributed by atoms with E-state index in [1.165, 1.54) is 0 Å². The monoisotopic (exact) mass is 303 g/mol. The van der Waals surface area contributed by atoms with Gasteiger partial charge in [0.2, 0.25) is 0 Å². The minimum Gasteiger partial charge on any atom is -0.317 e. The lowest BCUT2D eigenvalue weighted by molar-refractivity contribution is 0.162. The quantitative estimate of drug-likeness (QED) is 0.333. The number of nitrogens with zero attached hydrogens (tertiary/aromatic N) is 2. The normalized spacial score (nSPS) is 13.2. The Balaban J connectivity index is 4.78. The van der Waals surface area contributed by atoms with Gasteiger partial charge in [-0.05, 0) is 39.3 Å². The largest absolute Gasteiger partial charge is 0.317 e. The average molecular weight is 304 g/mol. The third kappa shape index (κ3) is 7.15. The molecule has 0 aliphatic rings. The zero-order chi connectivity index (χ0) is 15.4. The Kier molecular flexibility index (Phi) is 11.7. The van der Waals surface area contributed by atoms with Gasteiger partial charge in [-0.25, -0.2) is 0 Å². The van der Waals surface area contributed by atoms with Crippen LogP contribution in [0.5, 0.6) is 0 Å². The molecular weight excluding hydrogens is 266 g/mol. The highest BCUT2D eigenvalue weighted by Crippen LogP contribution is 2.02. The van der Waals surface area contributed by atoms with Crippen molar-refractivity contribution in [1.29, 1.82) is 0 Å². The van der Waals surface area contributed by atoms with Gasteiger partial charge in [0.1, 0.15) is 5.79 Å². The van der Waals surface area contributed by atoms with E-state index in [0.717, 1.165) is 45.8 Å². The van der Waals surface area contributed by atoms with Crippen LogP contribution in [0.15, 0.2) is 0 Å². The fraction of sp³-hybridized carbons (Fsp3) is 1.00. The fourth-order valence-corrected chi connectivity index (χ4v) is 4.17. The number of rotatable bonds is 13. The molecule has 0 spiro atoms. The Labute approximate surface area is 128 Å². The molecule has 0 amide bonds. The van der Waals surface area contributed by atoms with Gasteiger partial charge in [-0.1, -0.05) is 41.5 Å². The van der Waals surface area contributed by atoms with E-state index >= 15 is 0 Å². The molecule has 0 aliphatic heterocycles. The maximum absolute atomic E-state index is 3.61. The molecule has 0 unspecified atom stereocenters. The van der Waals surface area contributed by atoms with Gasteiger partial charge in [0.25, 0.3) is 0 Å². The second-order valence-corrected chi connectivity index (χ2v) is 7.16. The van der Waals surface area contributed by atoms with Gasteiger partial charge in [0, 0.05) is 6.54 Å². The molecule has 5 nitrogen and oxygen atoms in total. The van der Waals surface area contributed by atoms with Crippen LogP contribution in [0, 0.1) is 0 Å². The molecule has 0 saturated carbocycles. The molecule has 0 rings (SSSR count). The lowest BCUT2D eigenvalue weighted by Crippen LogP contribution is -2.71. The summed E-state index contributed by atoms with van der Waals surface area (Å²) in [5.74, 6) is -0.158. The Morgan fingerprint density at radius 2 is 1.10 bits per heavy atom. The van der Waals surface area contributed by atoms with E-state index < -0.39 is 0 Å². The maximum Gasteiger partial charge on any atom is 0.173 e. The predicted molar refractivity (Wildman–Crippen MR) is 92.5 cm³/mol. The highest BCUT2D eigenvalue weighted by Gasteiger charge is 2.29. The Bertz CT molecular complexity index is 207. The highest BCUT2D eigenvalue weighted by molar-refractivity contribution is 6.28. The Hall–Kier alpha value is 0.0169. The molecule has 3 N–H and O–H groups in total. The molecule has 0 aromatic rings. The van der Waals surface area contributed by atoms with Crippen molar-refractivity contribution in [2.75, 3.05) is 45.8 Å². The van der Waals surface area contributed by atoms with E-state index in [1.54, 1.807) is 0 Å². The van der Waals surface area contributed by atoms with Gasteiger partial charge < -0.3 is 9.13 Å². The third-order valence-electron chi connectivity index (χ3n) is 3.64. The standard InChI is InChI=1S/C14H37N5Si/c1-7-15-14(16-8-2,17-9-3)13-19(12-6)20-18(10-4)11-5/h15-17H,7-13,20H2,1-6H3. The smallest absolute Gasteiger partial charge is 0.173 e. The number of nitrogens with one attached hydrogen (secondary N) is 3. The van der Waals surface area contributed by atoms with Crippen LogP contribution in [-0.4, -0.2) is 70.6 Å². The van der Waals surface area contributed by atoms with E-state index in [2.05, 4.69) is 66.6 Å². The summed E-state index contributed by atoms with van der Waals surface area (Å²) < 4.78 is 5.22. The number of hydrogen-bond acceptors (Lipinski definition) is 5. The van der Waals surface area contributed by atoms with E-state index in [-0.39, 0.29) is 15.6 Å². The van der Waals surface area contributed by atoms with Crippen molar-refractivity contribution in [2.45, 2.75) is 47.3 Å². The lowest BCUT2D eigenvalue weighted by Gasteiger charge is -2.41. The Morgan fingerprint density at radius 3 is 1.40 bits per heavy atom. The highest BCUT2D eigenvalue weighted by atomic mass is 28.2. The van der Waals surface area contributed by atoms with Crippen LogP contribution in [0.3, 0.4) is 0 Å². The molecule has 0 aromatic carbocycles. The molecule has 6 heteroatoms.